The van der Waals surface area contributed by atoms with E-state index in [1.54, 1.807) is 0 Å². The molecule has 3 nitrogen and oxygen atoms in total. The van der Waals surface area contributed by atoms with E-state index in [0.29, 0.717) is 0 Å². The summed E-state index contributed by atoms with van der Waals surface area (Å²) in [7, 11) is 0. The second kappa shape index (κ2) is 21.7. The number of aromatic nitrogens is 3. The van der Waals surface area contributed by atoms with E-state index in [-0.39, 0.29) is 0 Å². The summed E-state index contributed by atoms with van der Waals surface area (Å²) in [4.78, 5) is 0. The molecule has 0 radical (unpaired) electrons. The zero-order valence-electron chi connectivity index (χ0n) is 53.9. The van der Waals surface area contributed by atoms with Crippen molar-refractivity contribution in [3.63, 3.8) is 0 Å². The van der Waals surface area contributed by atoms with Crippen LogP contribution in [0.1, 0.15) is 0 Å². The van der Waals surface area contributed by atoms with Crippen molar-refractivity contribution >= 4 is 130 Å². The molecular formula is C96H59N3. The molecule has 0 N–H and O–H groups in total. The van der Waals surface area contributed by atoms with Gasteiger partial charge in [0.05, 0.1) is 33.1 Å². The fourth-order valence-corrected chi connectivity index (χ4v) is 16.9. The second-order valence-electron chi connectivity index (χ2n) is 26.7. The molecule has 18 aromatic carbocycles. The average molecular weight is 1250 g/mol. The summed E-state index contributed by atoms with van der Waals surface area (Å²) in [6.45, 7) is 0. The number of hydrogen-bond donors (Lipinski definition) is 0. The molecule has 458 valence electrons. The smallest absolute Gasteiger partial charge is 0.0541 e. The molecule has 3 aromatic heterocycles. The van der Waals surface area contributed by atoms with Crippen molar-refractivity contribution in [3.05, 3.63) is 358 Å². The lowest BCUT2D eigenvalue weighted by molar-refractivity contribution is 1.18. The SMILES string of the molecule is c1ccc(-n2c3ccccc3c3cc(-c4ccccc4-c4cc5ccc6ccccc6c5c5ccc(-c6ccc7c(c6)c6ccccc6n7-c6cccc(-c7cc8ccc9cc(-c%10cccc(-n%11c%12ccccc%12c%12ccccc%12%11)c%10)ccc9c8c8ccccc78)c6)cc45)ccc32)cc1. The van der Waals surface area contributed by atoms with Crippen LogP contribution in [0.2, 0.25) is 0 Å². The Labute approximate surface area is 570 Å². The Kier molecular flexibility index (Phi) is 12.1. The fourth-order valence-electron chi connectivity index (χ4n) is 16.9. The van der Waals surface area contributed by atoms with E-state index in [0.717, 1.165) is 17.1 Å². The number of benzene rings is 18. The van der Waals surface area contributed by atoms with Crippen molar-refractivity contribution in [2.75, 3.05) is 0 Å². The zero-order chi connectivity index (χ0) is 64.8. The molecule has 3 heteroatoms. The van der Waals surface area contributed by atoms with Gasteiger partial charge in [0.25, 0.3) is 0 Å². The normalized spacial score (nSPS) is 12.0. The third kappa shape index (κ3) is 8.51. The lowest BCUT2D eigenvalue weighted by Gasteiger charge is -2.17. The Morgan fingerprint density at radius 2 is 0.515 bits per heavy atom. The standard InChI is InChI=1S/C96H59N3/c1-2-23-70(24-3-1)97-91-38-16-12-34-81(91)88-57-67(47-51-93(88)97)73-27-6-7-29-76(73)85-59-69-42-40-60-20-4-5-28-74(60)95(69)83-49-45-63(55-86(83)85)64-46-50-94-87(56-64)80-33-13-17-39-92(80)99(94)72-26-19-22-65(54-72)84-58-68-43-41-66-52-62(44-48-75(66)96(68)82-35-9-8-30-77(82)84)61-21-18-25-71(53-61)98-89-36-14-10-31-78(89)79-32-11-15-37-90(79)98/h1-59H. The average Bonchev–Trinajstić information content (AvgIpc) is 1.40. The van der Waals surface area contributed by atoms with Gasteiger partial charge < -0.3 is 13.7 Å². The first-order valence-electron chi connectivity index (χ1n) is 34.3. The van der Waals surface area contributed by atoms with Crippen molar-refractivity contribution in [3.8, 4) is 72.7 Å². The maximum absolute atomic E-state index is 2.47. The van der Waals surface area contributed by atoms with E-state index >= 15 is 0 Å². The van der Waals surface area contributed by atoms with Crippen LogP contribution < -0.4 is 0 Å². The Hall–Kier alpha value is -13.1. The third-order valence-electron chi connectivity index (χ3n) is 21.3. The molecule has 0 amide bonds. The van der Waals surface area contributed by atoms with Gasteiger partial charge in [0.2, 0.25) is 0 Å². The largest absolute Gasteiger partial charge is 0.309 e. The highest BCUT2D eigenvalue weighted by Crippen LogP contribution is 2.47. The summed E-state index contributed by atoms with van der Waals surface area (Å²) >= 11 is 0. The van der Waals surface area contributed by atoms with Gasteiger partial charge in [0.1, 0.15) is 0 Å². The van der Waals surface area contributed by atoms with Gasteiger partial charge in [-0.3, -0.25) is 0 Å². The quantitative estimate of drug-likeness (QED) is 0.135. The Morgan fingerprint density at radius 1 is 0.141 bits per heavy atom. The summed E-state index contributed by atoms with van der Waals surface area (Å²) in [5.74, 6) is 0. The fraction of sp³-hybridized carbons (Fsp3) is 0. The van der Waals surface area contributed by atoms with Crippen LogP contribution >= 0.6 is 0 Å². The Balaban J connectivity index is 0.669. The van der Waals surface area contributed by atoms with Crippen LogP contribution in [0.15, 0.2) is 358 Å². The third-order valence-corrected chi connectivity index (χ3v) is 21.3. The van der Waals surface area contributed by atoms with Gasteiger partial charge in [-0.15, -0.1) is 0 Å². The number of fused-ring (bicyclic) bond motifs is 19. The van der Waals surface area contributed by atoms with E-state index in [2.05, 4.69) is 372 Å². The summed E-state index contributed by atoms with van der Waals surface area (Å²) in [6.07, 6.45) is 0. The van der Waals surface area contributed by atoms with Gasteiger partial charge in [0.15, 0.2) is 0 Å². The molecule has 0 saturated carbocycles. The predicted octanol–water partition coefficient (Wildman–Crippen LogP) is 26.2. The highest BCUT2D eigenvalue weighted by Gasteiger charge is 2.22. The monoisotopic (exact) mass is 1250 g/mol. The lowest BCUT2D eigenvalue weighted by atomic mass is 9.86. The number of rotatable bonds is 8. The van der Waals surface area contributed by atoms with Crippen LogP contribution in [0.25, 0.3) is 203 Å². The molecule has 3 heterocycles. The highest BCUT2D eigenvalue weighted by atomic mass is 15.0. The topological polar surface area (TPSA) is 14.8 Å². The molecule has 99 heavy (non-hydrogen) atoms. The molecule has 0 aliphatic rings. The maximum Gasteiger partial charge on any atom is 0.0541 e. The Bertz CT molecular complexity index is 6920. The van der Waals surface area contributed by atoms with E-state index in [4.69, 9.17) is 0 Å². The van der Waals surface area contributed by atoms with Gasteiger partial charge in [-0.05, 0) is 229 Å². The molecule has 0 spiro atoms. The molecule has 0 fully saturated rings. The second-order valence-corrected chi connectivity index (χ2v) is 26.7. The molecule has 0 bridgehead atoms. The first-order valence-corrected chi connectivity index (χ1v) is 34.3. The van der Waals surface area contributed by atoms with Gasteiger partial charge in [0, 0.05) is 49.4 Å². The van der Waals surface area contributed by atoms with Gasteiger partial charge in [-0.2, -0.15) is 0 Å². The summed E-state index contributed by atoms with van der Waals surface area (Å²) in [5.41, 5.74) is 22.5. The van der Waals surface area contributed by atoms with E-state index < -0.39 is 0 Å². The molecule has 0 aliphatic heterocycles. The molecule has 0 saturated heterocycles. The predicted molar refractivity (Wildman–Crippen MR) is 422 cm³/mol. The number of hydrogen-bond acceptors (Lipinski definition) is 0. The summed E-state index contributed by atoms with van der Waals surface area (Å²) in [6, 6.07) is 133. The number of para-hydroxylation sites is 5. The minimum absolute atomic E-state index is 1.12. The van der Waals surface area contributed by atoms with Crippen LogP contribution in [-0.4, -0.2) is 13.7 Å². The van der Waals surface area contributed by atoms with Crippen molar-refractivity contribution in [2.45, 2.75) is 0 Å². The Morgan fingerprint density at radius 3 is 1.16 bits per heavy atom. The van der Waals surface area contributed by atoms with Crippen molar-refractivity contribution < 1.29 is 0 Å². The summed E-state index contributed by atoms with van der Waals surface area (Å²) in [5, 5.41) is 22.4. The molecule has 0 atom stereocenters. The van der Waals surface area contributed by atoms with E-state index in [1.165, 1.54) is 186 Å². The van der Waals surface area contributed by atoms with Crippen LogP contribution in [0.4, 0.5) is 0 Å². The highest BCUT2D eigenvalue weighted by molar-refractivity contribution is 6.26. The number of nitrogens with zero attached hydrogens (tertiary/aromatic N) is 3. The first kappa shape index (κ1) is 55.2. The van der Waals surface area contributed by atoms with E-state index in [9.17, 15) is 0 Å². The van der Waals surface area contributed by atoms with Crippen LogP contribution in [-0.2, 0) is 0 Å². The molecular weight excluding hydrogens is 1200 g/mol. The molecule has 0 unspecified atom stereocenters. The minimum atomic E-state index is 1.12. The first-order chi connectivity index (χ1) is 49.1. The molecule has 21 aromatic rings. The van der Waals surface area contributed by atoms with Crippen LogP contribution in [0.3, 0.4) is 0 Å². The molecule has 0 aliphatic carbocycles. The minimum Gasteiger partial charge on any atom is -0.309 e. The zero-order valence-corrected chi connectivity index (χ0v) is 53.9. The van der Waals surface area contributed by atoms with Crippen molar-refractivity contribution in [2.24, 2.45) is 0 Å². The van der Waals surface area contributed by atoms with Gasteiger partial charge in [-0.25, -0.2) is 0 Å². The van der Waals surface area contributed by atoms with Crippen molar-refractivity contribution in [1.29, 1.82) is 0 Å². The maximum atomic E-state index is 2.47. The van der Waals surface area contributed by atoms with Crippen LogP contribution in [0.5, 0.6) is 0 Å². The summed E-state index contributed by atoms with van der Waals surface area (Å²) < 4.78 is 7.27. The van der Waals surface area contributed by atoms with Gasteiger partial charge in [-0.1, -0.05) is 249 Å². The lowest BCUT2D eigenvalue weighted by Crippen LogP contribution is -1.95. The van der Waals surface area contributed by atoms with Crippen LogP contribution in [0, 0.1) is 0 Å². The van der Waals surface area contributed by atoms with Crippen molar-refractivity contribution in [1.82, 2.24) is 13.7 Å². The van der Waals surface area contributed by atoms with E-state index in [1.807, 2.05) is 0 Å². The van der Waals surface area contributed by atoms with Gasteiger partial charge >= 0.3 is 0 Å². The molecule has 21 rings (SSSR count).